The van der Waals surface area contributed by atoms with Gasteiger partial charge in [0.25, 0.3) is 0 Å². The van der Waals surface area contributed by atoms with Crippen LogP contribution in [0.5, 0.6) is 17.2 Å². The Morgan fingerprint density at radius 2 is 1.62 bits per heavy atom. The van der Waals surface area contributed by atoms with Gasteiger partial charge in [-0.3, -0.25) is 4.79 Å². The van der Waals surface area contributed by atoms with Gasteiger partial charge in [-0.25, -0.2) is 0 Å². The maximum absolute atomic E-state index is 12.9. The van der Waals surface area contributed by atoms with Crippen molar-refractivity contribution >= 4 is 38.9 Å². The molecule has 6 heteroatoms. The van der Waals surface area contributed by atoms with Crippen LogP contribution in [-0.2, 0) is 4.79 Å². The number of fused-ring (bicyclic) bond motifs is 2. The highest BCUT2D eigenvalue weighted by molar-refractivity contribution is 6.06. The molecular formula is C31H27NO5. The van der Waals surface area contributed by atoms with Crippen molar-refractivity contribution in [2.75, 3.05) is 26.6 Å². The van der Waals surface area contributed by atoms with Gasteiger partial charge in [0.1, 0.15) is 22.8 Å². The molecule has 0 aliphatic rings. The summed E-state index contributed by atoms with van der Waals surface area (Å²) in [5.74, 6) is 1.48. The normalized spacial score (nSPS) is 11.5. The Morgan fingerprint density at radius 3 is 2.38 bits per heavy atom. The van der Waals surface area contributed by atoms with Crippen LogP contribution in [0.1, 0.15) is 12.5 Å². The summed E-state index contributed by atoms with van der Waals surface area (Å²) < 4.78 is 22.2. The lowest BCUT2D eigenvalue weighted by Gasteiger charge is -2.12. The summed E-state index contributed by atoms with van der Waals surface area (Å²) in [6.07, 6.45) is 3.30. The van der Waals surface area contributed by atoms with Crippen LogP contribution < -0.4 is 19.5 Å². The standard InChI is InChI=1S/C31H27NO5/c1-19(13-31(33)32-27-15-23(34-2)11-12-28(27)35-3)24-16-25-26(18-37-30(25)17-29(24)36-4)22-10-9-20-7-5-6-8-21(20)14-22/h5-18H,1-4H3,(H,32,33)/b19-13+. The van der Waals surface area contributed by atoms with Crippen LogP contribution in [0.3, 0.4) is 0 Å². The van der Waals surface area contributed by atoms with Crippen molar-refractivity contribution in [3.63, 3.8) is 0 Å². The fourth-order valence-electron chi connectivity index (χ4n) is 4.47. The van der Waals surface area contributed by atoms with Gasteiger partial charge in [0.15, 0.2) is 0 Å². The fourth-order valence-corrected chi connectivity index (χ4v) is 4.47. The lowest BCUT2D eigenvalue weighted by molar-refractivity contribution is -0.111. The molecule has 1 aromatic heterocycles. The van der Waals surface area contributed by atoms with E-state index >= 15 is 0 Å². The lowest BCUT2D eigenvalue weighted by Crippen LogP contribution is -2.10. The molecule has 1 amide bonds. The number of furan rings is 1. The molecule has 0 fully saturated rings. The van der Waals surface area contributed by atoms with Crippen LogP contribution >= 0.6 is 0 Å². The van der Waals surface area contributed by atoms with Gasteiger partial charge in [-0.15, -0.1) is 0 Å². The van der Waals surface area contributed by atoms with Crippen LogP contribution in [0.25, 0.3) is 38.4 Å². The largest absolute Gasteiger partial charge is 0.497 e. The summed E-state index contributed by atoms with van der Waals surface area (Å²) in [4.78, 5) is 12.9. The molecule has 6 nitrogen and oxygen atoms in total. The SMILES string of the molecule is COc1ccc(OC)c(NC(=O)/C=C(\C)c2cc3c(-c4ccc5ccccc5c4)coc3cc2OC)c1. The molecule has 0 atom stereocenters. The van der Waals surface area contributed by atoms with E-state index in [1.807, 2.05) is 31.2 Å². The predicted octanol–water partition coefficient (Wildman–Crippen LogP) is 7.32. The number of carbonyl (C=O) groups is 1. The van der Waals surface area contributed by atoms with Gasteiger partial charge in [-0.05, 0) is 53.1 Å². The molecule has 0 saturated heterocycles. The molecule has 5 aromatic rings. The molecule has 0 bridgehead atoms. The first-order valence-electron chi connectivity index (χ1n) is 11.8. The highest BCUT2D eigenvalue weighted by atomic mass is 16.5. The van der Waals surface area contributed by atoms with Crippen molar-refractivity contribution in [2.45, 2.75) is 6.92 Å². The quantitative estimate of drug-likeness (QED) is 0.241. The molecule has 0 saturated carbocycles. The van der Waals surface area contributed by atoms with Gasteiger partial charge in [-0.1, -0.05) is 36.4 Å². The first-order chi connectivity index (χ1) is 18.0. The van der Waals surface area contributed by atoms with E-state index in [1.165, 1.54) is 5.39 Å². The highest BCUT2D eigenvalue weighted by Gasteiger charge is 2.16. The van der Waals surface area contributed by atoms with Crippen molar-refractivity contribution < 1.29 is 23.4 Å². The average Bonchev–Trinajstić information content (AvgIpc) is 3.34. The van der Waals surface area contributed by atoms with Crippen LogP contribution in [0.2, 0.25) is 0 Å². The second kappa shape index (κ2) is 10.1. The molecule has 186 valence electrons. The number of allylic oxidation sites excluding steroid dienone is 1. The number of hydrogen-bond acceptors (Lipinski definition) is 5. The Kier molecular flexibility index (Phi) is 6.56. The van der Waals surface area contributed by atoms with Gasteiger partial charge in [-0.2, -0.15) is 0 Å². The summed E-state index contributed by atoms with van der Waals surface area (Å²) >= 11 is 0. The molecule has 1 heterocycles. The topological polar surface area (TPSA) is 69.9 Å². The number of carbonyl (C=O) groups excluding carboxylic acids is 1. The van der Waals surface area contributed by atoms with Crippen LogP contribution in [0.4, 0.5) is 5.69 Å². The molecule has 0 aliphatic heterocycles. The second-order valence-corrected chi connectivity index (χ2v) is 8.64. The zero-order chi connectivity index (χ0) is 25.9. The Hall–Kier alpha value is -4.71. The van der Waals surface area contributed by atoms with E-state index in [9.17, 15) is 4.79 Å². The van der Waals surface area contributed by atoms with Crippen LogP contribution in [0, 0.1) is 0 Å². The van der Waals surface area contributed by atoms with Crippen molar-refractivity contribution in [1.29, 1.82) is 0 Å². The molecule has 37 heavy (non-hydrogen) atoms. The third-order valence-corrected chi connectivity index (χ3v) is 6.39. The number of benzene rings is 4. The number of nitrogens with one attached hydrogen (secondary N) is 1. The van der Waals surface area contributed by atoms with Crippen molar-refractivity contribution in [3.8, 4) is 28.4 Å². The summed E-state index contributed by atoms with van der Waals surface area (Å²) in [5.41, 5.74) is 4.80. The molecule has 0 radical (unpaired) electrons. The fraction of sp³-hybridized carbons (Fsp3) is 0.129. The molecule has 0 unspecified atom stereocenters. The minimum absolute atomic E-state index is 0.298. The second-order valence-electron chi connectivity index (χ2n) is 8.64. The van der Waals surface area contributed by atoms with Gasteiger partial charge in [0, 0.05) is 34.7 Å². The highest BCUT2D eigenvalue weighted by Crippen LogP contribution is 2.38. The summed E-state index contributed by atoms with van der Waals surface area (Å²) in [6.45, 7) is 1.88. The van der Waals surface area contributed by atoms with Gasteiger partial charge in [0.05, 0.1) is 33.3 Å². The molecule has 4 aromatic carbocycles. The van der Waals surface area contributed by atoms with E-state index in [4.69, 9.17) is 18.6 Å². The molecule has 5 rings (SSSR count). The number of ether oxygens (including phenoxy) is 3. The Balaban J connectivity index is 1.51. The molecule has 0 aliphatic carbocycles. The first-order valence-corrected chi connectivity index (χ1v) is 11.8. The maximum atomic E-state index is 12.9. The van der Waals surface area contributed by atoms with Gasteiger partial charge >= 0.3 is 0 Å². The zero-order valence-corrected chi connectivity index (χ0v) is 21.1. The number of anilines is 1. The average molecular weight is 494 g/mol. The van der Waals surface area contributed by atoms with E-state index in [0.29, 0.717) is 28.5 Å². The molecule has 0 spiro atoms. The van der Waals surface area contributed by atoms with Gasteiger partial charge < -0.3 is 23.9 Å². The number of hydrogen-bond donors (Lipinski definition) is 1. The van der Waals surface area contributed by atoms with Crippen LogP contribution in [-0.4, -0.2) is 27.2 Å². The number of methoxy groups -OCH3 is 3. The van der Waals surface area contributed by atoms with E-state index in [1.54, 1.807) is 51.9 Å². The van der Waals surface area contributed by atoms with E-state index in [-0.39, 0.29) is 5.91 Å². The van der Waals surface area contributed by atoms with E-state index in [0.717, 1.165) is 33.0 Å². The van der Waals surface area contributed by atoms with Crippen molar-refractivity contribution in [1.82, 2.24) is 0 Å². The smallest absolute Gasteiger partial charge is 0.248 e. The van der Waals surface area contributed by atoms with E-state index < -0.39 is 0 Å². The number of amides is 1. The lowest BCUT2D eigenvalue weighted by atomic mass is 9.97. The maximum Gasteiger partial charge on any atom is 0.248 e. The van der Waals surface area contributed by atoms with Gasteiger partial charge in [0.2, 0.25) is 5.91 Å². The summed E-state index contributed by atoms with van der Waals surface area (Å²) in [7, 11) is 4.73. The van der Waals surface area contributed by atoms with Crippen molar-refractivity contribution in [2.24, 2.45) is 0 Å². The predicted molar refractivity (Wildman–Crippen MR) is 148 cm³/mol. The molecular weight excluding hydrogens is 466 g/mol. The summed E-state index contributed by atoms with van der Waals surface area (Å²) in [6, 6.07) is 23.7. The van der Waals surface area contributed by atoms with Crippen molar-refractivity contribution in [3.05, 3.63) is 90.7 Å². The Labute approximate surface area is 215 Å². The molecule has 1 N–H and O–H groups in total. The Morgan fingerprint density at radius 1 is 0.838 bits per heavy atom. The monoisotopic (exact) mass is 493 g/mol. The third kappa shape index (κ3) is 4.74. The third-order valence-electron chi connectivity index (χ3n) is 6.39. The first kappa shape index (κ1) is 24.0. The summed E-state index contributed by atoms with van der Waals surface area (Å²) in [5, 5.41) is 6.16. The minimum Gasteiger partial charge on any atom is -0.497 e. The van der Waals surface area contributed by atoms with Crippen LogP contribution in [0.15, 0.2) is 89.6 Å². The Bertz CT molecular complexity index is 1650. The zero-order valence-electron chi connectivity index (χ0n) is 21.1. The minimum atomic E-state index is -0.298. The number of rotatable bonds is 7. The van der Waals surface area contributed by atoms with E-state index in [2.05, 4.69) is 35.6 Å².